The summed E-state index contributed by atoms with van der Waals surface area (Å²) in [7, 11) is 0. The van der Waals surface area contributed by atoms with Crippen LogP contribution in [0.5, 0.6) is 0 Å². The number of fused-ring (bicyclic) bond motifs is 1. The van der Waals surface area contributed by atoms with Gasteiger partial charge in [-0.05, 0) is 32.6 Å². The topological polar surface area (TPSA) is 145 Å². The molecular weight excluding hydrogens is 392 g/mol. The van der Waals surface area contributed by atoms with Crippen molar-refractivity contribution in [3.8, 4) is 0 Å². The number of hydroxylamine groups is 1. The van der Waals surface area contributed by atoms with Gasteiger partial charge in [-0.15, -0.1) is 0 Å². The van der Waals surface area contributed by atoms with E-state index in [1.54, 1.807) is 6.92 Å². The van der Waals surface area contributed by atoms with Crippen molar-refractivity contribution in [2.45, 2.75) is 76.5 Å². The van der Waals surface area contributed by atoms with Crippen molar-refractivity contribution in [3.63, 3.8) is 0 Å². The summed E-state index contributed by atoms with van der Waals surface area (Å²) in [5, 5.41) is 41.9. The lowest BCUT2D eigenvalue weighted by Crippen LogP contribution is -2.54. The van der Waals surface area contributed by atoms with Crippen molar-refractivity contribution in [1.29, 1.82) is 0 Å². The molecule has 2 aromatic heterocycles. The Morgan fingerprint density at radius 2 is 2.00 bits per heavy atom. The summed E-state index contributed by atoms with van der Waals surface area (Å²) >= 11 is 0. The van der Waals surface area contributed by atoms with Crippen LogP contribution in [0.1, 0.15) is 69.8 Å². The molecule has 11 heteroatoms. The predicted molar refractivity (Wildman–Crippen MR) is 106 cm³/mol. The predicted octanol–water partition coefficient (Wildman–Crippen LogP) is 0.0668. The number of nitrogens with one attached hydrogen (secondary N) is 1. The highest BCUT2D eigenvalue weighted by Crippen LogP contribution is 2.44. The van der Waals surface area contributed by atoms with Gasteiger partial charge in [0.25, 0.3) is 5.56 Å². The third kappa shape index (κ3) is 3.68. The largest absolute Gasteiger partial charge is 0.390 e. The number of aliphatic hydroxyl groups is 2. The molecule has 0 saturated heterocycles. The van der Waals surface area contributed by atoms with E-state index in [4.69, 9.17) is 0 Å². The Morgan fingerprint density at radius 3 is 2.53 bits per heavy atom. The van der Waals surface area contributed by atoms with Crippen LogP contribution in [0.4, 0.5) is 5.69 Å². The van der Waals surface area contributed by atoms with Gasteiger partial charge in [-0.3, -0.25) is 14.8 Å². The van der Waals surface area contributed by atoms with Crippen molar-refractivity contribution in [2.24, 2.45) is 0 Å². The first-order valence-corrected chi connectivity index (χ1v) is 10.2. The van der Waals surface area contributed by atoms with Crippen molar-refractivity contribution < 1.29 is 20.2 Å². The van der Waals surface area contributed by atoms with Crippen LogP contribution in [0, 0.1) is 0 Å². The maximum Gasteiger partial charge on any atom is 0.295 e. The molecule has 164 valence electrons. The Hall–Kier alpha value is -2.50. The van der Waals surface area contributed by atoms with Gasteiger partial charge in [0.15, 0.2) is 11.3 Å². The Balaban J connectivity index is 1.74. The van der Waals surface area contributed by atoms with Gasteiger partial charge in [0, 0.05) is 17.9 Å². The SMILES string of the molecule is CC(C)c1nn(CC(=O)NC2CC(C)(O)C2)c(=O)c2c(N(O)CO)c(C3CC3)nn12. The van der Waals surface area contributed by atoms with Gasteiger partial charge in [0.1, 0.15) is 19.0 Å². The molecule has 0 unspecified atom stereocenters. The van der Waals surface area contributed by atoms with Gasteiger partial charge in [-0.25, -0.2) is 14.3 Å². The minimum absolute atomic E-state index is 0.0894. The molecule has 2 aliphatic rings. The number of aliphatic hydroxyl groups excluding tert-OH is 1. The molecule has 4 rings (SSSR count). The zero-order valence-electron chi connectivity index (χ0n) is 17.4. The first-order valence-electron chi connectivity index (χ1n) is 10.2. The molecule has 30 heavy (non-hydrogen) atoms. The van der Waals surface area contributed by atoms with E-state index in [9.17, 15) is 25.0 Å². The van der Waals surface area contributed by atoms with Gasteiger partial charge < -0.3 is 15.5 Å². The first kappa shape index (κ1) is 20.8. The highest BCUT2D eigenvalue weighted by Gasteiger charge is 2.39. The zero-order valence-corrected chi connectivity index (χ0v) is 17.4. The van der Waals surface area contributed by atoms with Crippen LogP contribution in [0.25, 0.3) is 5.52 Å². The summed E-state index contributed by atoms with van der Waals surface area (Å²) in [4.78, 5) is 25.7. The van der Waals surface area contributed by atoms with Crippen LogP contribution in [-0.4, -0.2) is 59.1 Å². The average molecular weight is 420 g/mol. The average Bonchev–Trinajstić information content (AvgIpc) is 3.41. The molecule has 2 heterocycles. The summed E-state index contributed by atoms with van der Waals surface area (Å²) in [6.45, 7) is 4.52. The third-order valence-electron chi connectivity index (χ3n) is 5.67. The van der Waals surface area contributed by atoms with Crippen molar-refractivity contribution in [2.75, 3.05) is 11.8 Å². The highest BCUT2D eigenvalue weighted by atomic mass is 16.5. The van der Waals surface area contributed by atoms with Crippen LogP contribution in [-0.2, 0) is 11.3 Å². The molecule has 0 radical (unpaired) electrons. The number of hydrogen-bond donors (Lipinski definition) is 4. The molecule has 4 N–H and O–H groups in total. The lowest BCUT2D eigenvalue weighted by Gasteiger charge is -2.41. The standard InChI is InChI=1S/C19H28N6O5/c1-10(2)17-22-23(8-13(27)20-12-6-19(3,29)7-12)18(28)16-15(24(30)9-26)14(11-4-5-11)21-25(16)17/h10-12,26,29-30H,4-9H2,1-3H3,(H,20,27). The molecule has 2 aliphatic carbocycles. The maximum absolute atomic E-state index is 13.2. The van der Waals surface area contributed by atoms with Gasteiger partial charge in [0.2, 0.25) is 5.91 Å². The van der Waals surface area contributed by atoms with Gasteiger partial charge in [0.05, 0.1) is 11.3 Å². The number of aromatic nitrogens is 4. The minimum atomic E-state index is -0.767. The second-order valence-electron chi connectivity index (χ2n) is 8.95. The molecule has 0 atom stereocenters. The van der Waals surface area contributed by atoms with Crippen LogP contribution in [0.15, 0.2) is 4.79 Å². The summed E-state index contributed by atoms with van der Waals surface area (Å²) in [6, 6.07) is -0.133. The normalized spacial score (nSPS) is 23.6. The first-order chi connectivity index (χ1) is 14.1. The van der Waals surface area contributed by atoms with E-state index in [-0.39, 0.29) is 41.5 Å². The van der Waals surface area contributed by atoms with Crippen LogP contribution in [0.3, 0.4) is 0 Å². The fourth-order valence-corrected chi connectivity index (χ4v) is 4.06. The number of carbonyl (C=O) groups excluding carboxylic acids is 1. The number of carbonyl (C=O) groups is 1. The molecule has 2 aromatic rings. The van der Waals surface area contributed by atoms with Crippen molar-refractivity contribution >= 4 is 17.1 Å². The molecule has 0 bridgehead atoms. The van der Waals surface area contributed by atoms with E-state index in [0.29, 0.717) is 29.4 Å². The lowest BCUT2D eigenvalue weighted by molar-refractivity contribution is -0.125. The quantitative estimate of drug-likeness (QED) is 0.364. The maximum atomic E-state index is 13.2. The monoisotopic (exact) mass is 420 g/mol. The van der Waals surface area contributed by atoms with Crippen LogP contribution >= 0.6 is 0 Å². The summed E-state index contributed by atoms with van der Waals surface area (Å²) in [5.74, 6) is 0.105. The zero-order chi connectivity index (χ0) is 21.8. The molecule has 2 saturated carbocycles. The van der Waals surface area contributed by atoms with E-state index < -0.39 is 17.9 Å². The van der Waals surface area contributed by atoms with Gasteiger partial charge in [-0.2, -0.15) is 10.2 Å². The highest BCUT2D eigenvalue weighted by molar-refractivity contribution is 5.77. The molecule has 11 nitrogen and oxygen atoms in total. The van der Waals surface area contributed by atoms with Crippen LogP contribution in [0.2, 0.25) is 0 Å². The number of hydrogen-bond acceptors (Lipinski definition) is 8. The Labute approximate surface area is 172 Å². The minimum Gasteiger partial charge on any atom is -0.390 e. The Kier molecular flexibility index (Phi) is 5.07. The van der Waals surface area contributed by atoms with Crippen molar-refractivity contribution in [3.05, 3.63) is 21.9 Å². The number of anilines is 1. The van der Waals surface area contributed by atoms with E-state index in [1.807, 2.05) is 13.8 Å². The van der Waals surface area contributed by atoms with E-state index in [2.05, 4.69) is 15.5 Å². The summed E-state index contributed by atoms with van der Waals surface area (Å²) in [6.07, 6.45) is 2.71. The van der Waals surface area contributed by atoms with E-state index >= 15 is 0 Å². The second-order valence-corrected chi connectivity index (χ2v) is 8.95. The van der Waals surface area contributed by atoms with Gasteiger partial charge >= 0.3 is 0 Å². The van der Waals surface area contributed by atoms with Crippen LogP contribution < -0.4 is 15.9 Å². The van der Waals surface area contributed by atoms with Crippen molar-refractivity contribution in [1.82, 2.24) is 24.7 Å². The molecule has 0 aromatic carbocycles. The molecule has 0 spiro atoms. The molecular formula is C19H28N6O5. The van der Waals surface area contributed by atoms with Gasteiger partial charge in [-0.1, -0.05) is 13.8 Å². The molecule has 2 fully saturated rings. The fraction of sp³-hybridized carbons (Fsp3) is 0.684. The second kappa shape index (κ2) is 7.33. The van der Waals surface area contributed by atoms with E-state index in [0.717, 1.165) is 17.5 Å². The number of nitrogens with zero attached hydrogens (tertiary/aromatic N) is 5. The lowest BCUT2D eigenvalue weighted by atomic mass is 9.77. The van der Waals surface area contributed by atoms with E-state index in [1.165, 1.54) is 4.52 Å². The Bertz CT molecular complexity index is 1030. The number of rotatable bonds is 7. The third-order valence-corrected chi connectivity index (χ3v) is 5.67. The molecule has 0 aliphatic heterocycles. The fourth-order valence-electron chi connectivity index (χ4n) is 4.06. The smallest absolute Gasteiger partial charge is 0.295 e. The summed E-state index contributed by atoms with van der Waals surface area (Å²) < 4.78 is 2.50. The number of amides is 1. The Morgan fingerprint density at radius 1 is 1.33 bits per heavy atom. The molecule has 1 amide bonds. The summed E-state index contributed by atoms with van der Waals surface area (Å²) in [5.41, 5.74) is -0.537.